The van der Waals surface area contributed by atoms with E-state index in [1.165, 1.54) is 0 Å². The molecule has 2 aliphatic carbocycles. The summed E-state index contributed by atoms with van der Waals surface area (Å²) in [7, 11) is 0. The first kappa shape index (κ1) is 15.3. The third-order valence-corrected chi connectivity index (χ3v) is 4.97. The fourth-order valence-electron chi connectivity index (χ4n) is 3.19. The molecule has 1 amide bonds. The summed E-state index contributed by atoms with van der Waals surface area (Å²) in [6.45, 7) is 2.13. The van der Waals surface area contributed by atoms with E-state index in [1.807, 2.05) is 0 Å². The Bertz CT molecular complexity index is 371. The molecule has 0 aromatic rings. The minimum absolute atomic E-state index is 0.118. The molecule has 0 aromatic carbocycles. The number of hydrogen-bond acceptors (Lipinski definition) is 3. The average molecular weight is 282 g/mol. The highest BCUT2D eigenvalue weighted by atomic mass is 16.4. The molecule has 2 aliphatic rings. The minimum atomic E-state index is -1.06. The van der Waals surface area contributed by atoms with Crippen LogP contribution in [0.2, 0.25) is 0 Å². The van der Waals surface area contributed by atoms with Crippen LogP contribution in [0.1, 0.15) is 58.3 Å². The third kappa shape index (κ3) is 3.51. The molecule has 2 fully saturated rings. The van der Waals surface area contributed by atoms with Gasteiger partial charge >= 0.3 is 5.97 Å². The highest BCUT2D eigenvalue weighted by Crippen LogP contribution is 2.35. The number of nitrogens with one attached hydrogen (secondary N) is 1. The van der Waals surface area contributed by atoms with E-state index in [1.54, 1.807) is 0 Å². The zero-order valence-corrected chi connectivity index (χ0v) is 12.2. The van der Waals surface area contributed by atoms with Crippen molar-refractivity contribution in [2.75, 3.05) is 0 Å². The van der Waals surface area contributed by atoms with Crippen LogP contribution in [0, 0.1) is 11.8 Å². The topological polar surface area (TPSA) is 92.4 Å². The molecule has 2 rings (SSSR count). The summed E-state index contributed by atoms with van der Waals surface area (Å²) in [4.78, 5) is 23.7. The normalized spacial score (nSPS) is 31.6. The highest BCUT2D eigenvalue weighted by Gasteiger charge is 2.43. The summed E-state index contributed by atoms with van der Waals surface area (Å²) in [5, 5.41) is 12.3. The predicted molar refractivity (Wildman–Crippen MR) is 76.1 cm³/mol. The van der Waals surface area contributed by atoms with E-state index in [0.29, 0.717) is 24.7 Å². The molecular weight excluding hydrogens is 256 g/mol. The van der Waals surface area contributed by atoms with E-state index >= 15 is 0 Å². The Balaban J connectivity index is 1.91. The molecule has 0 aliphatic heterocycles. The van der Waals surface area contributed by atoms with Gasteiger partial charge in [0, 0.05) is 12.5 Å². The maximum Gasteiger partial charge on any atom is 0.329 e. The first-order valence-corrected chi connectivity index (χ1v) is 7.77. The molecule has 5 nitrogen and oxygen atoms in total. The summed E-state index contributed by atoms with van der Waals surface area (Å²) in [6, 6.07) is -0.118. The summed E-state index contributed by atoms with van der Waals surface area (Å²) >= 11 is 0. The Kier molecular flexibility index (Phi) is 4.68. The van der Waals surface area contributed by atoms with E-state index < -0.39 is 11.5 Å². The molecule has 0 aromatic heterocycles. The molecule has 1 atom stereocenters. The van der Waals surface area contributed by atoms with Crippen LogP contribution in [0.25, 0.3) is 0 Å². The number of rotatable bonds is 6. The van der Waals surface area contributed by atoms with Gasteiger partial charge in [0.1, 0.15) is 5.54 Å². The van der Waals surface area contributed by atoms with Gasteiger partial charge in [0.25, 0.3) is 0 Å². The van der Waals surface area contributed by atoms with Crippen LogP contribution < -0.4 is 11.1 Å². The molecule has 0 saturated heterocycles. The predicted octanol–water partition coefficient (Wildman–Crippen LogP) is 1.65. The Morgan fingerprint density at radius 3 is 2.35 bits per heavy atom. The van der Waals surface area contributed by atoms with Gasteiger partial charge in [-0.25, -0.2) is 4.79 Å². The second-order valence-corrected chi connectivity index (χ2v) is 6.49. The number of amides is 1. The van der Waals surface area contributed by atoms with Crippen molar-refractivity contribution in [3.8, 4) is 0 Å². The van der Waals surface area contributed by atoms with Crippen molar-refractivity contribution in [3.05, 3.63) is 0 Å². The van der Waals surface area contributed by atoms with Gasteiger partial charge in [-0.2, -0.15) is 0 Å². The Morgan fingerprint density at radius 2 is 1.90 bits per heavy atom. The Labute approximate surface area is 120 Å². The average Bonchev–Trinajstić information content (AvgIpc) is 3.23. The largest absolute Gasteiger partial charge is 0.480 e. The summed E-state index contributed by atoms with van der Waals surface area (Å²) in [5.74, 6) is -0.0624. The van der Waals surface area contributed by atoms with Crippen molar-refractivity contribution in [1.82, 2.24) is 5.32 Å². The molecule has 0 spiro atoms. The lowest BCUT2D eigenvalue weighted by Gasteiger charge is -2.37. The van der Waals surface area contributed by atoms with Crippen LogP contribution in [0.3, 0.4) is 0 Å². The molecular formula is C15H26N2O3. The Morgan fingerprint density at radius 1 is 1.30 bits per heavy atom. The fourth-order valence-corrected chi connectivity index (χ4v) is 3.19. The maximum atomic E-state index is 12.1. The van der Waals surface area contributed by atoms with Crippen molar-refractivity contribution in [2.45, 2.75) is 69.9 Å². The quantitative estimate of drug-likeness (QED) is 0.690. The van der Waals surface area contributed by atoms with Crippen molar-refractivity contribution < 1.29 is 14.7 Å². The molecule has 5 heteroatoms. The number of carbonyl (C=O) groups excluding carboxylic acids is 1. The third-order valence-electron chi connectivity index (χ3n) is 4.97. The van der Waals surface area contributed by atoms with Gasteiger partial charge in [-0.3, -0.25) is 4.79 Å². The van der Waals surface area contributed by atoms with E-state index in [2.05, 4.69) is 12.2 Å². The zero-order valence-electron chi connectivity index (χ0n) is 12.2. The van der Waals surface area contributed by atoms with Crippen molar-refractivity contribution in [1.29, 1.82) is 0 Å². The fraction of sp³-hybridized carbons (Fsp3) is 0.867. The lowest BCUT2D eigenvalue weighted by molar-refractivity contribution is -0.149. The number of aliphatic carboxylic acids is 1. The number of nitrogens with two attached hydrogens (primary N) is 1. The number of carboxylic acids is 1. The molecule has 2 saturated carbocycles. The summed E-state index contributed by atoms with van der Waals surface area (Å²) in [6.07, 6.45) is 6.33. The van der Waals surface area contributed by atoms with E-state index in [4.69, 9.17) is 5.73 Å². The molecule has 20 heavy (non-hydrogen) atoms. The van der Waals surface area contributed by atoms with Crippen LogP contribution >= 0.6 is 0 Å². The van der Waals surface area contributed by atoms with Gasteiger partial charge in [0.2, 0.25) is 5.91 Å². The van der Waals surface area contributed by atoms with Crippen LogP contribution in [0.4, 0.5) is 0 Å². The first-order valence-electron chi connectivity index (χ1n) is 7.77. The minimum Gasteiger partial charge on any atom is -0.480 e. The smallest absolute Gasteiger partial charge is 0.329 e. The van der Waals surface area contributed by atoms with Crippen molar-refractivity contribution >= 4 is 11.9 Å². The molecule has 114 valence electrons. The van der Waals surface area contributed by atoms with Gasteiger partial charge in [-0.1, -0.05) is 13.3 Å². The second-order valence-electron chi connectivity index (χ2n) is 6.49. The highest BCUT2D eigenvalue weighted by molar-refractivity contribution is 5.87. The van der Waals surface area contributed by atoms with E-state index in [-0.39, 0.29) is 18.4 Å². The number of hydrogen-bond donors (Lipinski definition) is 3. The van der Waals surface area contributed by atoms with E-state index in [0.717, 1.165) is 32.1 Å². The number of carbonyl (C=O) groups is 2. The summed E-state index contributed by atoms with van der Waals surface area (Å²) in [5.41, 5.74) is 4.88. The Hall–Kier alpha value is -1.10. The lowest BCUT2D eigenvalue weighted by Crippen LogP contribution is -2.57. The van der Waals surface area contributed by atoms with Gasteiger partial charge in [-0.05, 0) is 50.4 Å². The molecule has 0 bridgehead atoms. The lowest BCUT2D eigenvalue weighted by atomic mass is 9.75. The van der Waals surface area contributed by atoms with Gasteiger partial charge in [0.05, 0.1) is 0 Å². The molecule has 4 N–H and O–H groups in total. The SMILES string of the molecule is CCC1CCC(NC(=O)CC(N)C2CC2)(C(=O)O)CC1. The molecule has 0 heterocycles. The van der Waals surface area contributed by atoms with E-state index in [9.17, 15) is 14.7 Å². The van der Waals surface area contributed by atoms with Crippen LogP contribution in [0.5, 0.6) is 0 Å². The first-order chi connectivity index (χ1) is 9.47. The molecule has 1 unspecified atom stereocenters. The van der Waals surface area contributed by atoms with Crippen molar-refractivity contribution in [2.24, 2.45) is 17.6 Å². The van der Waals surface area contributed by atoms with Gasteiger partial charge < -0.3 is 16.2 Å². The van der Waals surface area contributed by atoms with Crippen LogP contribution in [-0.4, -0.2) is 28.6 Å². The van der Waals surface area contributed by atoms with Gasteiger partial charge in [0.15, 0.2) is 0 Å². The second kappa shape index (κ2) is 6.12. The van der Waals surface area contributed by atoms with Crippen molar-refractivity contribution in [3.63, 3.8) is 0 Å². The standard InChI is InChI=1S/C15H26N2O3/c1-2-10-5-7-15(8-6-10,14(19)20)17-13(18)9-12(16)11-3-4-11/h10-12H,2-9,16H2,1H3,(H,17,18)(H,19,20). The molecule has 0 radical (unpaired) electrons. The van der Waals surface area contributed by atoms with Crippen LogP contribution in [-0.2, 0) is 9.59 Å². The zero-order chi connectivity index (χ0) is 14.8. The van der Waals surface area contributed by atoms with Crippen LogP contribution in [0.15, 0.2) is 0 Å². The summed E-state index contributed by atoms with van der Waals surface area (Å²) < 4.78 is 0. The van der Waals surface area contributed by atoms with Gasteiger partial charge in [-0.15, -0.1) is 0 Å². The monoisotopic (exact) mass is 282 g/mol. The number of carboxylic acid groups (broad SMARTS) is 1. The maximum absolute atomic E-state index is 12.1.